The first-order chi connectivity index (χ1) is 28.7. The number of nitrogens with one attached hydrogen (secondary N) is 2. The Hall–Kier alpha value is -5.45. The first kappa shape index (κ1) is 44.1. The number of nitro benzene ring substituents is 1. The van der Waals surface area contributed by atoms with Crippen LogP contribution >= 0.6 is 23.4 Å². The number of benzene rings is 5. The predicted octanol–water partition coefficient (Wildman–Crippen LogP) is 7.48. The molecule has 5 aromatic carbocycles. The summed E-state index contributed by atoms with van der Waals surface area (Å²) in [6.45, 7) is 4.35. The van der Waals surface area contributed by atoms with Gasteiger partial charge >= 0.3 is 5.97 Å². The largest absolute Gasteiger partial charge is 0.477 e. The highest BCUT2D eigenvalue weighted by molar-refractivity contribution is 7.99. The normalized spacial score (nSPS) is 14.0. The van der Waals surface area contributed by atoms with E-state index in [0.717, 1.165) is 54.9 Å². The summed E-state index contributed by atoms with van der Waals surface area (Å²) in [5.74, 6) is -1.30. The van der Waals surface area contributed by atoms with Crippen molar-refractivity contribution in [3.63, 3.8) is 0 Å². The fourth-order valence-electron chi connectivity index (χ4n) is 7.07. The van der Waals surface area contributed by atoms with Gasteiger partial charge in [-0.05, 0) is 77.4 Å². The number of anilines is 2. The number of aliphatic carboxylic acids is 1. The maximum Gasteiger partial charge on any atom is 0.359 e. The molecule has 0 bridgehead atoms. The van der Waals surface area contributed by atoms with Gasteiger partial charge in [-0.3, -0.25) is 19.8 Å². The predicted molar refractivity (Wildman–Crippen MR) is 237 cm³/mol. The third-order valence-electron chi connectivity index (χ3n) is 10.3. The number of sulfonamides is 1. The van der Waals surface area contributed by atoms with Gasteiger partial charge in [0, 0.05) is 78.2 Å². The summed E-state index contributed by atoms with van der Waals surface area (Å²) in [7, 11) is -0.897. The van der Waals surface area contributed by atoms with E-state index in [1.54, 1.807) is 50.1 Å². The molecule has 314 valence electrons. The van der Waals surface area contributed by atoms with Crippen molar-refractivity contribution in [1.82, 2.24) is 9.62 Å². The number of hydrogen-bond donors (Lipinski definition) is 3. The molecule has 3 N–H and O–H groups in total. The topological polar surface area (TPSA) is 162 Å². The van der Waals surface area contributed by atoms with E-state index in [1.165, 1.54) is 23.3 Å². The Morgan fingerprint density at radius 3 is 2.23 bits per heavy atom. The number of nitro groups is 1. The molecular weight excluding hydrogens is 824 g/mol. The second-order valence-electron chi connectivity index (χ2n) is 15.3. The van der Waals surface area contributed by atoms with Crippen LogP contribution in [0.15, 0.2) is 131 Å². The maximum atomic E-state index is 13.4. The zero-order valence-electron chi connectivity index (χ0n) is 33.4. The molecule has 0 radical (unpaired) electrons. The number of nitrogens with zero attached hydrogens (tertiary/aromatic N) is 4. The molecule has 0 saturated carbocycles. The van der Waals surface area contributed by atoms with Crippen LogP contribution in [0.4, 0.5) is 17.1 Å². The van der Waals surface area contributed by atoms with Crippen molar-refractivity contribution in [3.05, 3.63) is 148 Å². The fourth-order valence-corrected chi connectivity index (χ4v) is 9.18. The highest BCUT2D eigenvalue weighted by atomic mass is 35.5. The van der Waals surface area contributed by atoms with E-state index >= 15 is 0 Å². The molecule has 1 heterocycles. The van der Waals surface area contributed by atoms with E-state index in [2.05, 4.69) is 32.0 Å². The molecule has 1 amide bonds. The summed E-state index contributed by atoms with van der Waals surface area (Å²) in [5.41, 5.74) is 4.16. The monoisotopic (exact) mass is 871 g/mol. The third-order valence-corrected chi connectivity index (χ3v) is 13.1. The number of carbonyl (C=O) groups excluding carboxylic acids is 1. The van der Waals surface area contributed by atoms with Crippen molar-refractivity contribution < 1.29 is 32.5 Å². The lowest BCUT2D eigenvalue weighted by molar-refractivity contribution is -0.883. The quantitative estimate of drug-likeness (QED) is 0.0347. The molecule has 1 fully saturated rings. The van der Waals surface area contributed by atoms with Crippen LogP contribution in [0.25, 0.3) is 11.1 Å². The number of carboxylic acid groups (broad SMARTS) is 1. The van der Waals surface area contributed by atoms with Crippen molar-refractivity contribution in [1.29, 1.82) is 0 Å². The number of halogens is 1. The van der Waals surface area contributed by atoms with Crippen LogP contribution in [-0.4, -0.2) is 105 Å². The molecule has 1 aliphatic heterocycles. The maximum absolute atomic E-state index is 13.4. The number of amides is 1. The molecule has 0 unspecified atom stereocenters. The van der Waals surface area contributed by atoms with Gasteiger partial charge in [0.25, 0.3) is 21.6 Å². The number of hydrogen-bond acceptors (Lipinski definition) is 10. The zero-order valence-corrected chi connectivity index (χ0v) is 35.8. The zero-order chi connectivity index (χ0) is 42.9. The third kappa shape index (κ3) is 12.1. The molecule has 0 aromatic heterocycles. The number of carbonyl (C=O) groups is 2. The molecule has 6 rings (SSSR count). The summed E-state index contributed by atoms with van der Waals surface area (Å²) in [6.07, 6.45) is 0.475. The standard InChI is InChI=1S/C44H47ClN6O7S2/c1-51(2,30-43(52)53)27-22-36(31-59-38-9-4-3-5-10-38)46-41-21-20-39(28-42(41)50(55)56)60(57,58)47-44(54)33-14-18-37(19-15-33)49-25-23-48(24-26-49)29-34-8-6-7-11-40(34)32-12-16-35(45)17-13-32/h3-21,28,36,46H,22-27,29-31H2,1-2H3,(H-,47,52,53,54)/p+1/t36-/m1/s1. The Labute approximate surface area is 359 Å². The van der Waals surface area contributed by atoms with Gasteiger partial charge in [-0.1, -0.05) is 66.2 Å². The summed E-state index contributed by atoms with van der Waals surface area (Å²) < 4.78 is 29.1. The molecule has 16 heteroatoms. The van der Waals surface area contributed by atoms with E-state index in [9.17, 15) is 33.2 Å². The first-order valence-electron chi connectivity index (χ1n) is 19.4. The van der Waals surface area contributed by atoms with E-state index < -0.39 is 37.4 Å². The van der Waals surface area contributed by atoms with Crippen molar-refractivity contribution in [2.75, 3.05) is 69.3 Å². The molecule has 1 aliphatic rings. The smallest absolute Gasteiger partial charge is 0.359 e. The summed E-state index contributed by atoms with van der Waals surface area (Å²) in [4.78, 5) is 41.4. The van der Waals surface area contributed by atoms with Crippen LogP contribution in [0.5, 0.6) is 0 Å². The molecule has 1 atom stereocenters. The lowest BCUT2D eigenvalue weighted by Gasteiger charge is -2.36. The van der Waals surface area contributed by atoms with Crippen LogP contribution in [0.3, 0.4) is 0 Å². The molecule has 13 nitrogen and oxygen atoms in total. The number of carboxylic acids is 1. The van der Waals surface area contributed by atoms with Gasteiger partial charge in [0.05, 0.1) is 30.5 Å². The first-order valence-corrected chi connectivity index (χ1v) is 22.3. The Morgan fingerprint density at radius 2 is 1.57 bits per heavy atom. The average Bonchev–Trinajstić information content (AvgIpc) is 3.22. The van der Waals surface area contributed by atoms with Gasteiger partial charge in [-0.15, -0.1) is 11.8 Å². The van der Waals surface area contributed by atoms with Crippen molar-refractivity contribution in [3.8, 4) is 11.1 Å². The molecule has 0 aliphatic carbocycles. The minimum atomic E-state index is -4.50. The lowest BCUT2D eigenvalue weighted by Crippen LogP contribution is -2.46. The summed E-state index contributed by atoms with van der Waals surface area (Å²) in [6, 6.07) is 35.6. The second-order valence-corrected chi connectivity index (χ2v) is 18.5. The second kappa shape index (κ2) is 19.7. The van der Waals surface area contributed by atoms with Gasteiger partial charge in [0.1, 0.15) is 5.69 Å². The Balaban J connectivity index is 1.07. The minimum Gasteiger partial charge on any atom is -0.477 e. The van der Waals surface area contributed by atoms with Crippen LogP contribution in [0.1, 0.15) is 22.3 Å². The SMILES string of the molecule is C[N+](C)(CC[C@H](CSc1ccccc1)Nc1ccc(S(=O)(=O)NC(=O)c2ccc(N3CCN(Cc4ccccc4-c4ccc(Cl)cc4)CC3)cc2)cc1[N+](=O)[O-])CC(=O)O. The Morgan fingerprint density at radius 1 is 0.900 bits per heavy atom. The summed E-state index contributed by atoms with van der Waals surface area (Å²) in [5, 5.41) is 25.5. The van der Waals surface area contributed by atoms with Gasteiger partial charge < -0.3 is 19.8 Å². The fraction of sp³-hybridized carbons (Fsp3) is 0.273. The number of rotatable bonds is 18. The van der Waals surface area contributed by atoms with Gasteiger partial charge in [0.2, 0.25) is 0 Å². The summed E-state index contributed by atoms with van der Waals surface area (Å²) >= 11 is 7.66. The van der Waals surface area contributed by atoms with Crippen molar-refractivity contribution >= 4 is 62.3 Å². The van der Waals surface area contributed by atoms with E-state index in [-0.39, 0.29) is 28.3 Å². The highest BCUT2D eigenvalue weighted by Crippen LogP contribution is 2.31. The molecule has 1 saturated heterocycles. The number of likely N-dealkylation sites (N-methyl/N-ethyl adjacent to an activating group) is 1. The molecule has 5 aromatic rings. The van der Waals surface area contributed by atoms with Crippen LogP contribution in [0.2, 0.25) is 5.02 Å². The lowest BCUT2D eigenvalue weighted by atomic mass is 9.99. The molecule has 60 heavy (non-hydrogen) atoms. The average molecular weight is 872 g/mol. The van der Waals surface area contributed by atoms with E-state index in [1.807, 2.05) is 66.7 Å². The number of piperazine rings is 1. The Bertz CT molecular complexity index is 2390. The van der Waals surface area contributed by atoms with Crippen molar-refractivity contribution in [2.45, 2.75) is 28.8 Å². The van der Waals surface area contributed by atoms with Gasteiger partial charge in [-0.2, -0.15) is 0 Å². The molecular formula is C44H48ClN6O7S2+. The van der Waals surface area contributed by atoms with Crippen molar-refractivity contribution in [2.24, 2.45) is 0 Å². The highest BCUT2D eigenvalue weighted by Gasteiger charge is 2.27. The number of quaternary nitrogens is 1. The van der Waals surface area contributed by atoms with E-state index in [0.29, 0.717) is 23.7 Å². The van der Waals surface area contributed by atoms with E-state index in [4.69, 9.17) is 11.6 Å². The number of thioether (sulfide) groups is 1. The van der Waals surface area contributed by atoms with Crippen LogP contribution < -0.4 is 14.9 Å². The van der Waals surface area contributed by atoms with Crippen LogP contribution in [-0.2, 0) is 21.4 Å². The minimum absolute atomic E-state index is 0.0951. The molecule has 0 spiro atoms. The van der Waals surface area contributed by atoms with Crippen LogP contribution in [0, 0.1) is 10.1 Å². The van der Waals surface area contributed by atoms with Gasteiger partial charge in [0.15, 0.2) is 6.54 Å². The van der Waals surface area contributed by atoms with Gasteiger partial charge in [-0.25, -0.2) is 17.9 Å². The Kier molecular flexibility index (Phi) is 14.5.